The Labute approximate surface area is 674 Å². The lowest BCUT2D eigenvalue weighted by Crippen LogP contribution is -2.16. The fraction of sp³-hybridized carbons (Fsp3) is 0.114. The largest absolute Gasteiger partial charge is 0.383 e. The van der Waals surface area contributed by atoms with Gasteiger partial charge in [0.1, 0.15) is 60.7 Å². The number of amides is 3. The molecule has 0 fully saturated rings. The SMILES string of the molecule is CCC(C)CC(=O)Nc1cccc(-n2ncc3c(N)ncnc32)c1.CCCCS(=O)(=O)Nc1cccc(-n2ncc3c(N)ncnc32)c1.Nc1ncnc2c1cnn2-c1ccc(-n2cccc2)cc1.Nc1ncnc2c1cnn2-c1cccc(NC(=O)c2cccs2)c1.Nc1ncnc2c1cnn2-c1cccc(NC(=O)c2ccsc2)c1. The maximum Gasteiger partial charge on any atom is 0.265 e. The first-order valence-electron chi connectivity index (χ1n) is 36.2. The van der Waals surface area contributed by atoms with Gasteiger partial charge in [-0.25, -0.2) is 81.7 Å². The number of rotatable bonds is 19. The Morgan fingerprint density at radius 2 is 0.812 bits per heavy atom. The molecule has 13 aromatic heterocycles. The van der Waals surface area contributed by atoms with Crippen molar-refractivity contribution in [2.24, 2.45) is 5.92 Å². The topological polar surface area (TPSA) is 486 Å². The van der Waals surface area contributed by atoms with E-state index in [0.717, 1.165) is 52.4 Å². The highest BCUT2D eigenvalue weighted by Crippen LogP contribution is 2.29. The lowest BCUT2D eigenvalue weighted by molar-refractivity contribution is -0.117. The number of carbonyl (C=O) groups is 3. The Hall–Kier alpha value is -15.3. The first-order chi connectivity index (χ1) is 56.8. The molecule has 3 amide bonds. The molecular formula is C79H74N30O5S3. The van der Waals surface area contributed by atoms with Crippen LogP contribution in [0, 0.1) is 5.92 Å². The molecule has 35 nitrogen and oxygen atoms in total. The summed E-state index contributed by atoms with van der Waals surface area (Å²) in [7, 11) is -3.36. The molecule has 5 aromatic carbocycles. The van der Waals surface area contributed by atoms with Gasteiger partial charge in [-0.1, -0.05) is 63.9 Å². The van der Waals surface area contributed by atoms with Crippen molar-refractivity contribution in [1.29, 1.82) is 0 Å². The van der Waals surface area contributed by atoms with E-state index < -0.39 is 10.0 Å². The molecule has 0 radical (unpaired) electrons. The zero-order chi connectivity index (χ0) is 81.5. The monoisotopic (exact) mass is 1620 g/mol. The lowest BCUT2D eigenvalue weighted by atomic mass is 10.1. The van der Waals surface area contributed by atoms with Crippen molar-refractivity contribution in [3.05, 3.63) is 253 Å². The van der Waals surface area contributed by atoms with Crippen LogP contribution in [-0.4, -0.2) is 135 Å². The van der Waals surface area contributed by atoms with Gasteiger partial charge in [-0.2, -0.15) is 36.8 Å². The molecule has 0 aliphatic rings. The number of anilines is 9. The maximum atomic E-state index is 12.2. The summed E-state index contributed by atoms with van der Waals surface area (Å²) in [5.74, 6) is 2.14. The molecule has 18 rings (SSSR count). The van der Waals surface area contributed by atoms with E-state index in [9.17, 15) is 22.8 Å². The first-order valence-corrected chi connectivity index (χ1v) is 39.7. The molecule has 1 atom stereocenters. The average molecular weight is 1620 g/mol. The smallest absolute Gasteiger partial charge is 0.265 e. The van der Waals surface area contributed by atoms with E-state index in [0.29, 0.717) is 131 Å². The third-order valence-corrected chi connectivity index (χ3v) is 20.9. The predicted octanol–water partition coefficient (Wildman–Crippen LogP) is 12.3. The Balaban J connectivity index is 0.000000120. The number of aromatic nitrogens is 21. The first kappa shape index (κ1) is 78.4. The summed E-state index contributed by atoms with van der Waals surface area (Å²) in [5, 5.41) is 39.3. The van der Waals surface area contributed by atoms with Crippen LogP contribution in [0.3, 0.4) is 0 Å². The predicted molar refractivity (Wildman–Crippen MR) is 454 cm³/mol. The summed E-state index contributed by atoms with van der Waals surface area (Å²) < 4.78 is 37.1. The van der Waals surface area contributed by atoms with Crippen molar-refractivity contribution in [1.82, 2.24) is 103 Å². The maximum absolute atomic E-state index is 12.2. The van der Waals surface area contributed by atoms with Crippen molar-refractivity contribution < 1.29 is 22.8 Å². The number of sulfonamides is 1. The van der Waals surface area contributed by atoms with Gasteiger partial charge in [-0.3, -0.25) is 19.1 Å². The second kappa shape index (κ2) is 35.6. The van der Waals surface area contributed by atoms with Gasteiger partial charge in [0, 0.05) is 46.9 Å². The van der Waals surface area contributed by atoms with Gasteiger partial charge in [0.25, 0.3) is 11.8 Å². The molecule has 14 N–H and O–H groups in total. The minimum Gasteiger partial charge on any atom is -0.383 e. The van der Waals surface area contributed by atoms with Crippen molar-refractivity contribution >= 4 is 157 Å². The van der Waals surface area contributed by atoms with Crippen molar-refractivity contribution in [2.45, 2.75) is 46.5 Å². The molecule has 1 unspecified atom stereocenters. The zero-order valence-electron chi connectivity index (χ0n) is 62.8. The average Bonchev–Trinajstić information content (AvgIpc) is 1.68. The molecule has 588 valence electrons. The van der Waals surface area contributed by atoms with Gasteiger partial charge in [0.2, 0.25) is 15.9 Å². The van der Waals surface area contributed by atoms with Crippen LogP contribution in [0.4, 0.5) is 51.8 Å². The van der Waals surface area contributed by atoms with E-state index in [1.165, 1.54) is 54.3 Å². The van der Waals surface area contributed by atoms with Crippen LogP contribution in [0.1, 0.15) is 66.5 Å². The van der Waals surface area contributed by atoms with E-state index in [1.54, 1.807) is 90.1 Å². The highest BCUT2D eigenvalue weighted by atomic mass is 32.2. The Morgan fingerprint density at radius 3 is 1.20 bits per heavy atom. The zero-order valence-corrected chi connectivity index (χ0v) is 65.2. The van der Waals surface area contributed by atoms with E-state index in [1.807, 2.05) is 156 Å². The molecule has 0 spiro atoms. The van der Waals surface area contributed by atoms with Gasteiger partial charge in [0.05, 0.1) is 108 Å². The molecule has 0 saturated heterocycles. The number of fused-ring (bicyclic) bond motifs is 5. The fourth-order valence-electron chi connectivity index (χ4n) is 11.8. The summed E-state index contributed by atoms with van der Waals surface area (Å²) in [4.78, 5) is 78.0. The summed E-state index contributed by atoms with van der Waals surface area (Å²) >= 11 is 2.88. The molecule has 18 aromatic rings. The van der Waals surface area contributed by atoms with Gasteiger partial charge >= 0.3 is 0 Å². The molecule has 0 aliphatic carbocycles. The Morgan fingerprint density at radius 1 is 0.427 bits per heavy atom. The number of nitrogens with one attached hydrogen (secondary N) is 4. The fourth-order valence-corrected chi connectivity index (χ4v) is 14.3. The number of nitrogens with zero attached hydrogens (tertiary/aromatic N) is 21. The number of thiophene rings is 2. The molecular weight excluding hydrogens is 1550 g/mol. The standard InChI is InChI=1S/C17H20N6O.2C16H12N6OS.C15H18N6O2S.C15H12N6/c1-3-11(2)7-15(24)22-12-5-4-6-13(8-12)23-17-14(9-21-23)16(18)19-10-20-17;17-14-12-8-20-22(15(12)19-9-18-14)11-4-1-3-10(7-11)21-16(23)13-5-2-6-24-13;17-14-13-7-20-22(15(13)19-9-18-14)12-3-1-2-11(6-12)21-16(23)10-4-5-24-8-10;1-2-3-7-24(22,23)20-11-5-4-6-12(8-11)21-15-13(9-19-21)14(16)17-10-18-15;16-14-13-9-19-21(15(13)18-10-17-14)12-5-3-11(4-6-12)20-7-1-2-8-20/h4-6,8-11H,3,7H2,1-2H3,(H,22,24)(H2,18,19,20);2*1-9H,(H,21,23)(H2,17,18,19);4-6,8-10,20H,2-3,7H2,1H3,(H2,16,17,18);1-10H,(H2,16,17,18). The number of carbonyl (C=O) groups excluding carboxylic acids is 3. The summed E-state index contributed by atoms with van der Waals surface area (Å²) in [5.41, 5.74) is 40.5. The van der Waals surface area contributed by atoms with Crippen LogP contribution < -0.4 is 49.3 Å². The minimum atomic E-state index is -3.36. The molecule has 38 heteroatoms. The highest BCUT2D eigenvalue weighted by molar-refractivity contribution is 7.92. The van der Waals surface area contributed by atoms with E-state index >= 15 is 0 Å². The van der Waals surface area contributed by atoms with Crippen molar-refractivity contribution in [3.63, 3.8) is 0 Å². The van der Waals surface area contributed by atoms with Crippen LogP contribution in [0.15, 0.2) is 243 Å². The number of nitrogens with two attached hydrogens (primary N) is 5. The number of hydrogen-bond donors (Lipinski definition) is 9. The number of nitrogen functional groups attached to an aromatic ring is 5. The van der Waals surface area contributed by atoms with E-state index in [4.69, 9.17) is 28.7 Å². The van der Waals surface area contributed by atoms with Crippen molar-refractivity contribution in [2.75, 3.05) is 55.1 Å². The van der Waals surface area contributed by atoms with E-state index in [-0.39, 0.29) is 23.5 Å². The summed E-state index contributed by atoms with van der Waals surface area (Å²) in [6.07, 6.45) is 22.1. The molecule has 13 heterocycles. The van der Waals surface area contributed by atoms with E-state index in [2.05, 4.69) is 110 Å². The Kier molecular flexibility index (Phi) is 23.8. The molecule has 0 aliphatic heterocycles. The van der Waals surface area contributed by atoms with Crippen LogP contribution in [-0.2, 0) is 14.8 Å². The van der Waals surface area contributed by atoms with Crippen LogP contribution in [0.2, 0.25) is 0 Å². The number of benzene rings is 5. The quantitative estimate of drug-likeness (QED) is 0.0363. The van der Waals surface area contributed by atoms with Gasteiger partial charge in [0.15, 0.2) is 28.2 Å². The second-order valence-electron chi connectivity index (χ2n) is 26.0. The second-order valence-corrected chi connectivity index (χ2v) is 29.6. The van der Waals surface area contributed by atoms with Gasteiger partial charge < -0.3 is 49.2 Å². The third kappa shape index (κ3) is 18.4. The summed E-state index contributed by atoms with van der Waals surface area (Å²) in [6, 6.07) is 46.7. The third-order valence-electron chi connectivity index (χ3n) is 17.9. The van der Waals surface area contributed by atoms with Crippen molar-refractivity contribution in [3.8, 4) is 34.1 Å². The van der Waals surface area contributed by atoms with Crippen LogP contribution in [0.5, 0.6) is 0 Å². The van der Waals surface area contributed by atoms with Crippen LogP contribution >= 0.6 is 22.7 Å². The number of hydrogen-bond acceptors (Lipinski definition) is 27. The molecule has 117 heavy (non-hydrogen) atoms. The van der Waals surface area contributed by atoms with Gasteiger partial charge in [-0.05, 0) is 144 Å². The lowest BCUT2D eigenvalue weighted by Gasteiger charge is -2.10. The van der Waals surface area contributed by atoms with Crippen LogP contribution in [0.25, 0.3) is 89.3 Å². The summed E-state index contributed by atoms with van der Waals surface area (Å²) in [6.45, 7) is 6.09. The normalized spacial score (nSPS) is 11.3. The molecule has 0 saturated carbocycles. The Bertz CT molecular complexity index is 6460. The van der Waals surface area contributed by atoms with Gasteiger partial charge in [-0.15, -0.1) is 11.3 Å². The highest BCUT2D eigenvalue weighted by Gasteiger charge is 2.19. The minimum absolute atomic E-state index is 0.0124. The molecule has 0 bridgehead atoms. The number of unbranched alkanes of at least 4 members (excludes halogenated alkanes) is 1.